The summed E-state index contributed by atoms with van der Waals surface area (Å²) in [6.07, 6.45) is 4.00. The van der Waals surface area contributed by atoms with E-state index < -0.39 is 0 Å². The molecule has 96 valence electrons. The van der Waals surface area contributed by atoms with Crippen LogP contribution in [0.25, 0.3) is 0 Å². The average molecular weight is 226 g/mol. The van der Waals surface area contributed by atoms with Crippen molar-refractivity contribution in [3.8, 4) is 0 Å². The van der Waals surface area contributed by atoms with Crippen molar-refractivity contribution < 1.29 is 0 Å². The fraction of sp³-hybridized carbons (Fsp3) is 1.00. The topological polar surface area (TPSA) is 15.3 Å². The molecule has 2 atom stereocenters. The molecule has 0 aromatic rings. The van der Waals surface area contributed by atoms with Gasteiger partial charge in [0.2, 0.25) is 0 Å². The van der Waals surface area contributed by atoms with E-state index in [1.807, 2.05) is 0 Å². The number of nitrogens with zero attached hydrogens (tertiary/aromatic N) is 1. The fourth-order valence-electron chi connectivity index (χ4n) is 2.09. The molecule has 0 heterocycles. The minimum Gasteiger partial charge on any atom is -0.312 e. The second-order valence-corrected chi connectivity index (χ2v) is 6.45. The molecule has 0 aromatic heterocycles. The van der Waals surface area contributed by atoms with Crippen molar-refractivity contribution in [2.45, 2.75) is 72.0 Å². The van der Waals surface area contributed by atoms with Crippen molar-refractivity contribution in [2.75, 3.05) is 13.6 Å². The van der Waals surface area contributed by atoms with Gasteiger partial charge in [0.1, 0.15) is 0 Å². The van der Waals surface area contributed by atoms with Crippen LogP contribution in [0.2, 0.25) is 0 Å². The van der Waals surface area contributed by atoms with E-state index in [0.29, 0.717) is 17.5 Å². The molecule has 1 aliphatic rings. The highest BCUT2D eigenvalue weighted by Crippen LogP contribution is 2.25. The van der Waals surface area contributed by atoms with Crippen LogP contribution in [-0.4, -0.2) is 36.6 Å². The smallest absolute Gasteiger partial charge is 0.0218 e. The summed E-state index contributed by atoms with van der Waals surface area (Å²) in [6, 6.07) is 2.13. The van der Waals surface area contributed by atoms with Crippen molar-refractivity contribution in [1.82, 2.24) is 10.2 Å². The van der Waals surface area contributed by atoms with Crippen LogP contribution in [0.3, 0.4) is 0 Å². The average Bonchev–Trinajstić information content (AvgIpc) is 2.99. The summed E-state index contributed by atoms with van der Waals surface area (Å²) in [7, 11) is 2.28. The molecule has 0 radical (unpaired) electrons. The summed E-state index contributed by atoms with van der Waals surface area (Å²) in [5.41, 5.74) is 0.363. The third kappa shape index (κ3) is 4.06. The fourth-order valence-corrected chi connectivity index (χ4v) is 2.09. The summed E-state index contributed by atoms with van der Waals surface area (Å²) < 4.78 is 0. The van der Waals surface area contributed by atoms with E-state index >= 15 is 0 Å². The van der Waals surface area contributed by atoms with Gasteiger partial charge in [0, 0.05) is 24.7 Å². The third-order valence-electron chi connectivity index (χ3n) is 4.13. The zero-order chi connectivity index (χ0) is 12.3. The molecule has 2 unspecified atom stereocenters. The Balaban J connectivity index is 2.42. The van der Waals surface area contributed by atoms with Crippen LogP contribution in [-0.2, 0) is 0 Å². The maximum Gasteiger partial charge on any atom is 0.0218 e. The second-order valence-electron chi connectivity index (χ2n) is 6.45. The van der Waals surface area contributed by atoms with Crippen molar-refractivity contribution in [1.29, 1.82) is 0 Å². The van der Waals surface area contributed by atoms with Crippen molar-refractivity contribution >= 4 is 0 Å². The number of hydrogen-bond acceptors (Lipinski definition) is 2. The molecule has 0 aliphatic heterocycles. The van der Waals surface area contributed by atoms with Crippen LogP contribution in [0, 0.1) is 5.41 Å². The number of rotatable bonds is 6. The molecule has 0 amide bonds. The molecule has 2 nitrogen and oxygen atoms in total. The summed E-state index contributed by atoms with van der Waals surface area (Å²) in [6.45, 7) is 12.8. The van der Waals surface area contributed by atoms with Crippen LogP contribution in [0.15, 0.2) is 0 Å². The van der Waals surface area contributed by atoms with E-state index in [0.717, 1.165) is 12.6 Å². The molecule has 1 aliphatic carbocycles. The van der Waals surface area contributed by atoms with Gasteiger partial charge in [-0.15, -0.1) is 0 Å². The van der Waals surface area contributed by atoms with Crippen LogP contribution >= 0.6 is 0 Å². The van der Waals surface area contributed by atoms with Gasteiger partial charge < -0.3 is 5.32 Å². The first kappa shape index (κ1) is 14.0. The normalized spacial score (nSPS) is 21.2. The lowest BCUT2D eigenvalue weighted by Gasteiger charge is -2.40. The third-order valence-corrected chi connectivity index (χ3v) is 4.13. The zero-order valence-corrected chi connectivity index (χ0v) is 12.0. The zero-order valence-electron chi connectivity index (χ0n) is 12.0. The van der Waals surface area contributed by atoms with Gasteiger partial charge >= 0.3 is 0 Å². The van der Waals surface area contributed by atoms with Crippen LogP contribution in [0.1, 0.15) is 53.9 Å². The Labute approximate surface area is 102 Å². The molecule has 16 heavy (non-hydrogen) atoms. The van der Waals surface area contributed by atoms with E-state index in [2.05, 4.69) is 51.9 Å². The first-order valence-electron chi connectivity index (χ1n) is 6.81. The molecule has 0 bridgehead atoms. The first-order chi connectivity index (χ1) is 7.36. The maximum atomic E-state index is 3.65. The molecule has 1 N–H and O–H groups in total. The van der Waals surface area contributed by atoms with Crippen LogP contribution in [0.4, 0.5) is 0 Å². The van der Waals surface area contributed by atoms with Gasteiger partial charge in [-0.1, -0.05) is 27.7 Å². The summed E-state index contributed by atoms with van der Waals surface area (Å²) in [5.74, 6) is 0. The monoisotopic (exact) mass is 226 g/mol. The van der Waals surface area contributed by atoms with Crippen molar-refractivity contribution in [3.63, 3.8) is 0 Å². The summed E-state index contributed by atoms with van der Waals surface area (Å²) >= 11 is 0. The quantitative estimate of drug-likeness (QED) is 0.749. The molecule has 1 rings (SSSR count). The predicted octanol–water partition coefficient (Wildman–Crippen LogP) is 2.88. The van der Waals surface area contributed by atoms with Gasteiger partial charge in [-0.05, 0) is 38.6 Å². The Kier molecular flexibility index (Phi) is 4.81. The standard InChI is InChI=1S/C14H30N2/c1-7-13(10-15-12-8-9-12)16(6)11(2)14(3,4)5/h11-13,15H,7-10H2,1-6H3. The molecule has 1 fully saturated rings. The lowest BCUT2D eigenvalue weighted by Crippen LogP contribution is -2.49. The van der Waals surface area contributed by atoms with E-state index in [1.54, 1.807) is 0 Å². The van der Waals surface area contributed by atoms with Crippen molar-refractivity contribution in [3.05, 3.63) is 0 Å². The Hall–Kier alpha value is -0.0800. The van der Waals surface area contributed by atoms with Gasteiger partial charge in [0.25, 0.3) is 0 Å². The SMILES string of the molecule is CCC(CNC1CC1)N(C)C(C)C(C)(C)C. The highest BCUT2D eigenvalue weighted by atomic mass is 15.2. The minimum absolute atomic E-state index is 0.363. The van der Waals surface area contributed by atoms with E-state index in [1.165, 1.54) is 19.3 Å². The van der Waals surface area contributed by atoms with Gasteiger partial charge in [0.05, 0.1) is 0 Å². The maximum absolute atomic E-state index is 3.65. The number of nitrogens with one attached hydrogen (secondary N) is 1. The predicted molar refractivity (Wildman–Crippen MR) is 71.8 cm³/mol. The van der Waals surface area contributed by atoms with Gasteiger partial charge in [-0.3, -0.25) is 4.90 Å². The largest absolute Gasteiger partial charge is 0.312 e. The van der Waals surface area contributed by atoms with E-state index in [9.17, 15) is 0 Å². The summed E-state index contributed by atoms with van der Waals surface area (Å²) in [4.78, 5) is 2.55. The lowest BCUT2D eigenvalue weighted by atomic mass is 9.86. The number of likely N-dealkylation sites (N-methyl/N-ethyl adjacent to an activating group) is 1. The molecular formula is C14H30N2. The number of hydrogen-bond donors (Lipinski definition) is 1. The molecule has 0 spiro atoms. The highest BCUT2D eigenvalue weighted by molar-refractivity contribution is 4.86. The Bertz CT molecular complexity index is 203. The van der Waals surface area contributed by atoms with E-state index in [-0.39, 0.29) is 0 Å². The Morgan fingerprint density at radius 1 is 1.31 bits per heavy atom. The molecular weight excluding hydrogens is 196 g/mol. The van der Waals surface area contributed by atoms with E-state index in [4.69, 9.17) is 0 Å². The molecule has 1 saturated carbocycles. The highest BCUT2D eigenvalue weighted by Gasteiger charge is 2.29. The lowest BCUT2D eigenvalue weighted by molar-refractivity contribution is 0.0939. The van der Waals surface area contributed by atoms with Crippen molar-refractivity contribution in [2.24, 2.45) is 5.41 Å². The van der Waals surface area contributed by atoms with Crippen LogP contribution in [0.5, 0.6) is 0 Å². The van der Waals surface area contributed by atoms with Gasteiger partial charge in [-0.2, -0.15) is 0 Å². The summed E-state index contributed by atoms with van der Waals surface area (Å²) in [5, 5.41) is 3.65. The molecule has 2 heteroatoms. The first-order valence-corrected chi connectivity index (χ1v) is 6.81. The Morgan fingerprint density at radius 3 is 2.25 bits per heavy atom. The minimum atomic E-state index is 0.363. The Morgan fingerprint density at radius 2 is 1.88 bits per heavy atom. The molecule has 0 saturated heterocycles. The van der Waals surface area contributed by atoms with Gasteiger partial charge in [0.15, 0.2) is 0 Å². The molecule has 0 aromatic carbocycles. The van der Waals surface area contributed by atoms with Gasteiger partial charge in [-0.25, -0.2) is 0 Å². The van der Waals surface area contributed by atoms with Crippen LogP contribution < -0.4 is 5.32 Å². The second kappa shape index (κ2) is 5.50.